The van der Waals surface area contributed by atoms with Crippen molar-refractivity contribution >= 4 is 28.1 Å². The first-order valence-corrected chi connectivity index (χ1v) is 7.71. The molecule has 0 bridgehead atoms. The van der Waals surface area contributed by atoms with E-state index in [0.717, 1.165) is 11.4 Å². The van der Waals surface area contributed by atoms with E-state index in [4.69, 9.17) is 4.74 Å². The molecule has 0 aliphatic carbocycles. The molecule has 1 N–H and O–H groups in total. The van der Waals surface area contributed by atoms with Crippen molar-refractivity contribution in [1.29, 1.82) is 0 Å². The Morgan fingerprint density at radius 2 is 1.95 bits per heavy atom. The average Bonchev–Trinajstić information content (AvgIpc) is 2.97. The smallest absolute Gasteiger partial charge is 0.273 e. The van der Waals surface area contributed by atoms with Crippen molar-refractivity contribution in [3.8, 4) is 5.75 Å². The molecule has 0 spiro atoms. The number of carbonyl (C=O) groups is 1. The minimum atomic E-state index is -0.0287. The van der Waals surface area contributed by atoms with Crippen LogP contribution in [-0.2, 0) is 0 Å². The Bertz CT molecular complexity index is 591. The SMILES string of the molecule is CCN(CC)C(=O)c1csc(Nc2ccc(OC)cc2)n1. The number of nitrogens with one attached hydrogen (secondary N) is 1. The van der Waals surface area contributed by atoms with Gasteiger partial charge in [-0.3, -0.25) is 4.79 Å². The van der Waals surface area contributed by atoms with Gasteiger partial charge in [0.2, 0.25) is 0 Å². The fourth-order valence-corrected chi connectivity index (χ4v) is 2.60. The molecule has 0 fully saturated rings. The normalized spacial score (nSPS) is 10.2. The molecule has 1 heterocycles. The third kappa shape index (κ3) is 3.72. The van der Waals surface area contributed by atoms with Crippen LogP contribution in [-0.4, -0.2) is 36.0 Å². The van der Waals surface area contributed by atoms with E-state index in [1.807, 2.05) is 38.1 Å². The van der Waals surface area contributed by atoms with Gasteiger partial charge in [0.25, 0.3) is 5.91 Å². The predicted octanol–water partition coefficient (Wildman–Crippen LogP) is 3.38. The van der Waals surface area contributed by atoms with E-state index in [0.29, 0.717) is 23.9 Å². The Morgan fingerprint density at radius 1 is 1.29 bits per heavy atom. The summed E-state index contributed by atoms with van der Waals surface area (Å²) in [6, 6.07) is 7.56. The van der Waals surface area contributed by atoms with Gasteiger partial charge >= 0.3 is 0 Å². The van der Waals surface area contributed by atoms with Crippen LogP contribution >= 0.6 is 11.3 Å². The summed E-state index contributed by atoms with van der Waals surface area (Å²) in [6.45, 7) is 5.30. The van der Waals surface area contributed by atoms with E-state index in [1.54, 1.807) is 17.4 Å². The van der Waals surface area contributed by atoms with E-state index in [1.165, 1.54) is 11.3 Å². The van der Waals surface area contributed by atoms with Crippen LogP contribution in [0.4, 0.5) is 10.8 Å². The van der Waals surface area contributed by atoms with Gasteiger partial charge in [0.05, 0.1) is 7.11 Å². The number of aromatic nitrogens is 1. The van der Waals surface area contributed by atoms with Gasteiger partial charge in [-0.1, -0.05) is 0 Å². The second-order valence-electron chi connectivity index (χ2n) is 4.37. The van der Waals surface area contributed by atoms with E-state index in [2.05, 4.69) is 10.3 Å². The average molecular weight is 305 g/mol. The van der Waals surface area contributed by atoms with E-state index in [9.17, 15) is 4.79 Å². The Balaban J connectivity index is 2.07. The number of carbonyl (C=O) groups excluding carboxylic acids is 1. The minimum absolute atomic E-state index is 0.0287. The second kappa shape index (κ2) is 7.08. The van der Waals surface area contributed by atoms with Crippen LogP contribution in [0, 0.1) is 0 Å². The molecule has 112 valence electrons. The van der Waals surface area contributed by atoms with Crippen LogP contribution in [0.1, 0.15) is 24.3 Å². The van der Waals surface area contributed by atoms with Crippen LogP contribution in [0.3, 0.4) is 0 Å². The molecule has 2 aromatic rings. The molecule has 1 amide bonds. The summed E-state index contributed by atoms with van der Waals surface area (Å²) in [5, 5.41) is 5.68. The van der Waals surface area contributed by atoms with Gasteiger partial charge in [0.1, 0.15) is 11.4 Å². The maximum absolute atomic E-state index is 12.2. The number of hydrogen-bond acceptors (Lipinski definition) is 5. The summed E-state index contributed by atoms with van der Waals surface area (Å²) in [5.41, 5.74) is 1.40. The molecule has 1 aromatic heterocycles. The molecule has 2 rings (SSSR count). The van der Waals surface area contributed by atoms with Crippen LogP contribution in [0.5, 0.6) is 5.75 Å². The number of anilines is 2. The van der Waals surface area contributed by atoms with Crippen LogP contribution in [0.15, 0.2) is 29.6 Å². The molecule has 6 heteroatoms. The van der Waals surface area contributed by atoms with Gasteiger partial charge in [-0.25, -0.2) is 4.98 Å². The number of hydrogen-bond donors (Lipinski definition) is 1. The lowest BCUT2D eigenvalue weighted by Crippen LogP contribution is -2.30. The van der Waals surface area contributed by atoms with Gasteiger partial charge < -0.3 is 15.0 Å². The Morgan fingerprint density at radius 3 is 2.52 bits per heavy atom. The molecule has 0 saturated carbocycles. The number of ether oxygens (including phenoxy) is 1. The highest BCUT2D eigenvalue weighted by Gasteiger charge is 2.16. The van der Waals surface area contributed by atoms with Crippen molar-refractivity contribution < 1.29 is 9.53 Å². The van der Waals surface area contributed by atoms with Crippen LogP contribution in [0.2, 0.25) is 0 Å². The molecular weight excluding hydrogens is 286 g/mol. The summed E-state index contributed by atoms with van der Waals surface area (Å²) in [7, 11) is 1.63. The lowest BCUT2D eigenvalue weighted by atomic mass is 10.3. The summed E-state index contributed by atoms with van der Waals surface area (Å²) >= 11 is 1.42. The molecular formula is C15H19N3O2S. The van der Waals surface area contributed by atoms with Gasteiger partial charge in [0, 0.05) is 24.2 Å². The first-order valence-electron chi connectivity index (χ1n) is 6.83. The van der Waals surface area contributed by atoms with E-state index >= 15 is 0 Å². The zero-order chi connectivity index (χ0) is 15.2. The molecule has 0 aliphatic heterocycles. The number of rotatable bonds is 6. The van der Waals surface area contributed by atoms with Crippen LogP contribution < -0.4 is 10.1 Å². The van der Waals surface area contributed by atoms with Crippen LogP contribution in [0.25, 0.3) is 0 Å². The van der Waals surface area contributed by atoms with Gasteiger partial charge in [-0.05, 0) is 38.1 Å². The zero-order valence-electron chi connectivity index (χ0n) is 12.4. The maximum atomic E-state index is 12.2. The molecule has 0 atom stereocenters. The number of benzene rings is 1. The van der Waals surface area contributed by atoms with Crippen molar-refractivity contribution in [2.24, 2.45) is 0 Å². The first-order chi connectivity index (χ1) is 10.2. The number of nitrogens with zero attached hydrogens (tertiary/aromatic N) is 2. The van der Waals surface area contributed by atoms with Gasteiger partial charge in [0.15, 0.2) is 5.13 Å². The van der Waals surface area contributed by atoms with Crippen molar-refractivity contribution in [2.45, 2.75) is 13.8 Å². The highest BCUT2D eigenvalue weighted by atomic mass is 32.1. The summed E-state index contributed by atoms with van der Waals surface area (Å²) in [6.07, 6.45) is 0. The molecule has 0 radical (unpaired) electrons. The number of thiazole rings is 1. The van der Waals surface area contributed by atoms with Crippen molar-refractivity contribution in [3.05, 3.63) is 35.3 Å². The summed E-state index contributed by atoms with van der Waals surface area (Å²) < 4.78 is 5.12. The topological polar surface area (TPSA) is 54.5 Å². The zero-order valence-corrected chi connectivity index (χ0v) is 13.2. The lowest BCUT2D eigenvalue weighted by molar-refractivity contribution is 0.0768. The predicted molar refractivity (Wildman–Crippen MR) is 85.6 cm³/mol. The quantitative estimate of drug-likeness (QED) is 0.889. The summed E-state index contributed by atoms with van der Waals surface area (Å²) in [5.74, 6) is 0.774. The third-order valence-corrected chi connectivity index (χ3v) is 3.87. The minimum Gasteiger partial charge on any atom is -0.497 e. The molecule has 0 saturated heterocycles. The highest BCUT2D eigenvalue weighted by molar-refractivity contribution is 7.14. The number of methoxy groups -OCH3 is 1. The maximum Gasteiger partial charge on any atom is 0.273 e. The lowest BCUT2D eigenvalue weighted by Gasteiger charge is -2.16. The molecule has 21 heavy (non-hydrogen) atoms. The molecule has 0 unspecified atom stereocenters. The van der Waals surface area contributed by atoms with Crippen molar-refractivity contribution in [3.63, 3.8) is 0 Å². The standard InChI is InChI=1S/C15H19N3O2S/c1-4-18(5-2)14(19)13-10-21-15(17-13)16-11-6-8-12(20-3)9-7-11/h6-10H,4-5H2,1-3H3,(H,16,17). The van der Waals surface area contributed by atoms with E-state index < -0.39 is 0 Å². The largest absolute Gasteiger partial charge is 0.497 e. The van der Waals surface area contributed by atoms with Gasteiger partial charge in [-0.2, -0.15) is 0 Å². The molecule has 0 aliphatic rings. The van der Waals surface area contributed by atoms with E-state index in [-0.39, 0.29) is 5.91 Å². The monoisotopic (exact) mass is 305 g/mol. The Kier molecular flexibility index (Phi) is 5.16. The fourth-order valence-electron chi connectivity index (χ4n) is 1.90. The number of amides is 1. The third-order valence-electron chi connectivity index (χ3n) is 3.12. The Hall–Kier alpha value is -2.08. The second-order valence-corrected chi connectivity index (χ2v) is 5.23. The van der Waals surface area contributed by atoms with Crippen molar-refractivity contribution in [2.75, 3.05) is 25.5 Å². The Labute approximate surface area is 128 Å². The first kappa shape index (κ1) is 15.3. The molecule has 5 nitrogen and oxygen atoms in total. The fraction of sp³-hybridized carbons (Fsp3) is 0.333. The molecule has 1 aromatic carbocycles. The highest BCUT2D eigenvalue weighted by Crippen LogP contribution is 2.23. The summed E-state index contributed by atoms with van der Waals surface area (Å²) in [4.78, 5) is 18.3. The van der Waals surface area contributed by atoms with Gasteiger partial charge in [-0.15, -0.1) is 11.3 Å². The van der Waals surface area contributed by atoms with Crippen molar-refractivity contribution in [1.82, 2.24) is 9.88 Å².